The van der Waals surface area contributed by atoms with Gasteiger partial charge in [-0.25, -0.2) is 9.97 Å². The van der Waals surface area contributed by atoms with Crippen molar-refractivity contribution in [3.63, 3.8) is 0 Å². The summed E-state index contributed by atoms with van der Waals surface area (Å²) in [6, 6.07) is 14.7. The number of amides is 1. The van der Waals surface area contributed by atoms with Crippen LogP contribution in [0.2, 0.25) is 0 Å². The molecule has 0 bridgehead atoms. The summed E-state index contributed by atoms with van der Waals surface area (Å²) in [7, 11) is 1.95. The third-order valence-electron chi connectivity index (χ3n) is 5.13. The van der Waals surface area contributed by atoms with E-state index in [1.807, 2.05) is 55.8 Å². The average molecular weight is 389 g/mol. The van der Waals surface area contributed by atoms with E-state index in [9.17, 15) is 9.59 Å². The molecule has 29 heavy (non-hydrogen) atoms. The van der Waals surface area contributed by atoms with Crippen LogP contribution in [0.25, 0.3) is 21.9 Å². The van der Waals surface area contributed by atoms with Gasteiger partial charge in [0.15, 0.2) is 0 Å². The molecule has 1 N–H and O–H groups in total. The first-order chi connectivity index (χ1) is 14.0. The first-order valence-electron chi connectivity index (χ1n) is 9.60. The third kappa shape index (κ3) is 3.51. The van der Waals surface area contributed by atoms with Crippen LogP contribution in [-0.2, 0) is 18.4 Å². The van der Waals surface area contributed by atoms with Gasteiger partial charge in [-0.05, 0) is 30.2 Å². The monoisotopic (exact) mass is 389 g/mol. The lowest BCUT2D eigenvalue weighted by Gasteiger charge is -2.22. The number of para-hydroxylation sites is 3. The lowest BCUT2D eigenvalue weighted by atomic mass is 10.0. The number of imidazole rings is 1. The van der Waals surface area contributed by atoms with E-state index >= 15 is 0 Å². The van der Waals surface area contributed by atoms with Gasteiger partial charge in [0.05, 0.1) is 34.3 Å². The van der Waals surface area contributed by atoms with Gasteiger partial charge in [0, 0.05) is 7.05 Å². The molecule has 0 fully saturated rings. The second kappa shape index (κ2) is 7.50. The number of nitrogens with one attached hydrogen (secondary N) is 1. The zero-order valence-corrected chi connectivity index (χ0v) is 16.7. The van der Waals surface area contributed by atoms with E-state index in [-0.39, 0.29) is 30.0 Å². The van der Waals surface area contributed by atoms with E-state index in [2.05, 4.69) is 10.3 Å². The van der Waals surface area contributed by atoms with Gasteiger partial charge in [0.1, 0.15) is 12.4 Å². The first-order valence-corrected chi connectivity index (χ1v) is 9.60. The molecule has 7 heteroatoms. The SMILES string of the molecule is CC(C)[C@@H](NC(=O)Cn1cnc2ccccc2c1=O)c1nc2ccccc2n1C. The van der Waals surface area contributed by atoms with Crippen LogP contribution in [0.1, 0.15) is 25.7 Å². The number of hydrogen-bond acceptors (Lipinski definition) is 4. The summed E-state index contributed by atoms with van der Waals surface area (Å²) in [6.07, 6.45) is 1.42. The Kier molecular flexibility index (Phi) is 4.88. The lowest BCUT2D eigenvalue weighted by Crippen LogP contribution is -2.37. The van der Waals surface area contributed by atoms with Crippen molar-refractivity contribution in [2.45, 2.75) is 26.4 Å². The Bertz CT molecular complexity index is 1260. The molecule has 2 aromatic carbocycles. The van der Waals surface area contributed by atoms with E-state index < -0.39 is 0 Å². The molecule has 0 saturated heterocycles. The Morgan fingerprint density at radius 1 is 1.07 bits per heavy atom. The Balaban J connectivity index is 1.61. The molecule has 0 saturated carbocycles. The molecule has 1 amide bonds. The highest BCUT2D eigenvalue weighted by Gasteiger charge is 2.24. The van der Waals surface area contributed by atoms with Crippen LogP contribution in [0, 0.1) is 5.92 Å². The molecule has 4 aromatic rings. The van der Waals surface area contributed by atoms with E-state index in [4.69, 9.17) is 4.98 Å². The fourth-order valence-corrected chi connectivity index (χ4v) is 3.56. The Labute approximate surface area is 168 Å². The van der Waals surface area contributed by atoms with E-state index in [0.717, 1.165) is 16.9 Å². The third-order valence-corrected chi connectivity index (χ3v) is 5.13. The molecule has 2 aromatic heterocycles. The number of carbonyl (C=O) groups excluding carboxylic acids is 1. The van der Waals surface area contributed by atoms with E-state index in [1.54, 1.807) is 18.2 Å². The highest BCUT2D eigenvalue weighted by Crippen LogP contribution is 2.24. The van der Waals surface area contributed by atoms with Crippen molar-refractivity contribution in [1.82, 2.24) is 24.4 Å². The molecule has 4 rings (SSSR count). The van der Waals surface area contributed by atoms with Crippen LogP contribution >= 0.6 is 0 Å². The van der Waals surface area contributed by atoms with Crippen molar-refractivity contribution in [1.29, 1.82) is 0 Å². The lowest BCUT2D eigenvalue weighted by molar-refractivity contribution is -0.122. The summed E-state index contributed by atoms with van der Waals surface area (Å²) < 4.78 is 3.34. The molecule has 148 valence electrons. The molecule has 1 atom stereocenters. The van der Waals surface area contributed by atoms with E-state index in [0.29, 0.717) is 10.9 Å². The van der Waals surface area contributed by atoms with Crippen molar-refractivity contribution in [2.75, 3.05) is 0 Å². The number of nitrogens with zero attached hydrogens (tertiary/aromatic N) is 4. The van der Waals surface area contributed by atoms with Crippen molar-refractivity contribution in [2.24, 2.45) is 13.0 Å². The van der Waals surface area contributed by atoms with Gasteiger partial charge < -0.3 is 9.88 Å². The van der Waals surface area contributed by atoms with Crippen LogP contribution in [0.3, 0.4) is 0 Å². The van der Waals surface area contributed by atoms with Crippen LogP contribution < -0.4 is 10.9 Å². The average Bonchev–Trinajstić information content (AvgIpc) is 3.05. The number of fused-ring (bicyclic) bond motifs is 2. The maximum Gasteiger partial charge on any atom is 0.261 e. The molecular formula is C22H23N5O2. The Hall–Kier alpha value is -3.48. The van der Waals surface area contributed by atoms with Crippen LogP contribution in [0.4, 0.5) is 0 Å². The fraction of sp³-hybridized carbons (Fsp3) is 0.273. The highest BCUT2D eigenvalue weighted by molar-refractivity contribution is 5.79. The van der Waals surface area contributed by atoms with Gasteiger partial charge in [-0.1, -0.05) is 38.1 Å². The molecular weight excluding hydrogens is 366 g/mol. The smallest absolute Gasteiger partial charge is 0.261 e. The fourth-order valence-electron chi connectivity index (χ4n) is 3.56. The summed E-state index contributed by atoms with van der Waals surface area (Å²) in [5.41, 5.74) is 2.29. The number of benzene rings is 2. The van der Waals surface area contributed by atoms with Crippen molar-refractivity contribution < 1.29 is 4.79 Å². The number of carbonyl (C=O) groups is 1. The second-order valence-electron chi connectivity index (χ2n) is 7.50. The molecule has 0 radical (unpaired) electrons. The van der Waals surface area contributed by atoms with Gasteiger partial charge in [-0.15, -0.1) is 0 Å². The summed E-state index contributed by atoms with van der Waals surface area (Å²) in [5, 5.41) is 3.55. The molecule has 0 aliphatic heterocycles. The molecule has 2 heterocycles. The summed E-state index contributed by atoms with van der Waals surface area (Å²) in [4.78, 5) is 34.4. The van der Waals surface area contributed by atoms with Crippen molar-refractivity contribution >= 4 is 27.8 Å². The first kappa shape index (κ1) is 18.9. The second-order valence-corrected chi connectivity index (χ2v) is 7.50. The predicted octanol–water partition coefficient (Wildman–Crippen LogP) is 2.80. The summed E-state index contributed by atoms with van der Waals surface area (Å²) in [5.74, 6) is 0.661. The standard InChI is InChI=1S/C22H23N5O2/c1-14(2)20(21-24-17-10-6-7-11-18(17)26(21)3)25-19(28)12-27-13-23-16-9-5-4-8-15(16)22(27)29/h4-11,13-14,20H,12H2,1-3H3,(H,25,28)/t20-/m1/s1. The van der Waals surface area contributed by atoms with Gasteiger partial charge in [-0.2, -0.15) is 0 Å². The van der Waals surface area contributed by atoms with Crippen molar-refractivity contribution in [3.8, 4) is 0 Å². The molecule has 0 spiro atoms. The van der Waals surface area contributed by atoms with Gasteiger partial charge in [-0.3, -0.25) is 14.2 Å². The predicted molar refractivity (Wildman–Crippen MR) is 112 cm³/mol. The van der Waals surface area contributed by atoms with Crippen LogP contribution in [0.5, 0.6) is 0 Å². The van der Waals surface area contributed by atoms with Crippen LogP contribution in [-0.4, -0.2) is 25.0 Å². The molecule has 7 nitrogen and oxygen atoms in total. The van der Waals surface area contributed by atoms with Gasteiger partial charge in [0.25, 0.3) is 5.56 Å². The Morgan fingerprint density at radius 2 is 1.76 bits per heavy atom. The number of aromatic nitrogens is 4. The zero-order valence-electron chi connectivity index (χ0n) is 16.7. The largest absolute Gasteiger partial charge is 0.344 e. The zero-order chi connectivity index (χ0) is 20.5. The van der Waals surface area contributed by atoms with Crippen LogP contribution in [0.15, 0.2) is 59.7 Å². The highest BCUT2D eigenvalue weighted by atomic mass is 16.2. The summed E-state index contributed by atoms with van der Waals surface area (Å²) in [6.45, 7) is 3.98. The molecule has 0 aliphatic rings. The van der Waals surface area contributed by atoms with Gasteiger partial charge in [0.2, 0.25) is 5.91 Å². The van der Waals surface area contributed by atoms with Gasteiger partial charge >= 0.3 is 0 Å². The Morgan fingerprint density at radius 3 is 2.48 bits per heavy atom. The number of rotatable bonds is 5. The van der Waals surface area contributed by atoms with Crippen molar-refractivity contribution in [3.05, 3.63) is 71.0 Å². The topological polar surface area (TPSA) is 81.8 Å². The maximum absolute atomic E-state index is 12.8. The minimum Gasteiger partial charge on any atom is -0.344 e. The number of aryl methyl sites for hydroxylation is 1. The van der Waals surface area contributed by atoms with E-state index in [1.165, 1.54) is 10.9 Å². The minimum absolute atomic E-state index is 0.0934. The minimum atomic E-state index is -0.274. The molecule has 0 unspecified atom stereocenters. The maximum atomic E-state index is 12.8. The number of hydrogen-bond donors (Lipinski definition) is 1. The molecule has 0 aliphatic carbocycles. The quantitative estimate of drug-likeness (QED) is 0.569. The normalized spacial score (nSPS) is 12.6. The summed E-state index contributed by atoms with van der Waals surface area (Å²) >= 11 is 0.